The molecule has 0 radical (unpaired) electrons. The summed E-state index contributed by atoms with van der Waals surface area (Å²) in [6.07, 6.45) is 5.87. The SMILES string of the molecule is CCC(C)(C)OOC1(OOC(C)(C)CC)CCCCC1C. The molecule has 1 atom stereocenters. The van der Waals surface area contributed by atoms with Crippen LogP contribution in [0.3, 0.4) is 0 Å². The maximum Gasteiger partial charge on any atom is 0.236 e. The van der Waals surface area contributed by atoms with Gasteiger partial charge in [0.15, 0.2) is 0 Å². The molecule has 21 heavy (non-hydrogen) atoms. The molecule has 4 heteroatoms. The summed E-state index contributed by atoms with van der Waals surface area (Å²) in [7, 11) is 0. The van der Waals surface area contributed by atoms with E-state index in [1.807, 2.05) is 27.7 Å². The Morgan fingerprint density at radius 1 is 0.905 bits per heavy atom. The zero-order chi connectivity index (χ0) is 16.1. The smallest absolute Gasteiger partial charge is 0.228 e. The topological polar surface area (TPSA) is 36.9 Å². The average molecular weight is 302 g/mol. The average Bonchev–Trinajstić information content (AvgIpc) is 2.45. The summed E-state index contributed by atoms with van der Waals surface area (Å²) in [5, 5.41) is 0. The highest BCUT2D eigenvalue weighted by atomic mass is 17.3. The van der Waals surface area contributed by atoms with Crippen LogP contribution in [-0.4, -0.2) is 17.0 Å². The summed E-state index contributed by atoms with van der Waals surface area (Å²) in [5.74, 6) is -0.552. The third kappa shape index (κ3) is 5.51. The molecule has 0 amide bonds. The van der Waals surface area contributed by atoms with Crippen molar-refractivity contribution in [2.45, 2.75) is 104 Å². The number of rotatable bonds is 8. The zero-order valence-electron chi connectivity index (χ0n) is 15.0. The summed E-state index contributed by atoms with van der Waals surface area (Å²) in [4.78, 5) is 23.0. The van der Waals surface area contributed by atoms with Crippen molar-refractivity contribution in [3.63, 3.8) is 0 Å². The zero-order valence-corrected chi connectivity index (χ0v) is 15.0. The van der Waals surface area contributed by atoms with Crippen molar-refractivity contribution in [3.05, 3.63) is 0 Å². The second kappa shape index (κ2) is 7.40. The molecule has 0 aromatic rings. The quantitative estimate of drug-likeness (QED) is 0.352. The van der Waals surface area contributed by atoms with E-state index >= 15 is 0 Å². The molecule has 0 N–H and O–H groups in total. The molecule has 0 heterocycles. The normalized spacial score (nSPS) is 23.3. The first-order chi connectivity index (χ1) is 9.66. The van der Waals surface area contributed by atoms with Gasteiger partial charge in [0.1, 0.15) is 0 Å². The Morgan fingerprint density at radius 3 is 1.76 bits per heavy atom. The van der Waals surface area contributed by atoms with Gasteiger partial charge in [-0.3, -0.25) is 0 Å². The molecule has 1 saturated carbocycles. The second-order valence-corrected chi connectivity index (χ2v) is 7.52. The van der Waals surface area contributed by atoms with E-state index < -0.39 is 5.79 Å². The van der Waals surface area contributed by atoms with Crippen molar-refractivity contribution in [3.8, 4) is 0 Å². The van der Waals surface area contributed by atoms with Gasteiger partial charge in [0.05, 0.1) is 11.2 Å². The summed E-state index contributed by atoms with van der Waals surface area (Å²) in [6, 6.07) is 0. The third-order valence-corrected chi connectivity index (χ3v) is 4.68. The highest BCUT2D eigenvalue weighted by Crippen LogP contribution is 2.40. The Balaban J connectivity index is 2.75. The lowest BCUT2D eigenvalue weighted by Crippen LogP contribution is -2.48. The van der Waals surface area contributed by atoms with Crippen LogP contribution in [0.15, 0.2) is 0 Å². The molecule has 1 fully saturated rings. The summed E-state index contributed by atoms with van der Waals surface area (Å²) in [6.45, 7) is 14.4. The Morgan fingerprint density at radius 2 is 1.38 bits per heavy atom. The van der Waals surface area contributed by atoms with Crippen LogP contribution in [0.5, 0.6) is 0 Å². The number of hydrogen-bond donors (Lipinski definition) is 0. The minimum atomic E-state index is -0.795. The molecule has 0 bridgehead atoms. The van der Waals surface area contributed by atoms with Crippen LogP contribution in [0.4, 0.5) is 0 Å². The Kier molecular flexibility index (Phi) is 6.66. The van der Waals surface area contributed by atoms with Gasteiger partial charge in [-0.05, 0) is 53.4 Å². The predicted molar refractivity (Wildman–Crippen MR) is 83.4 cm³/mol. The standard InChI is InChI=1S/C17H34O4/c1-8-15(4,5)18-20-17(13-11-10-12-14(17)3)21-19-16(6,7)9-2/h14H,8-13H2,1-7H3. The molecule has 1 aliphatic rings. The van der Waals surface area contributed by atoms with Crippen LogP contribution >= 0.6 is 0 Å². The molecular formula is C17H34O4. The van der Waals surface area contributed by atoms with Gasteiger partial charge in [-0.1, -0.05) is 27.2 Å². The maximum absolute atomic E-state index is 5.83. The molecule has 4 nitrogen and oxygen atoms in total. The van der Waals surface area contributed by atoms with Crippen molar-refractivity contribution in [1.29, 1.82) is 0 Å². The molecule has 0 aromatic carbocycles. The fourth-order valence-electron chi connectivity index (χ4n) is 2.03. The van der Waals surface area contributed by atoms with E-state index in [1.165, 1.54) is 6.42 Å². The van der Waals surface area contributed by atoms with Gasteiger partial charge in [-0.25, -0.2) is 9.78 Å². The highest BCUT2D eigenvalue weighted by molar-refractivity contribution is 4.80. The third-order valence-electron chi connectivity index (χ3n) is 4.68. The lowest BCUT2D eigenvalue weighted by Gasteiger charge is -2.42. The van der Waals surface area contributed by atoms with E-state index in [1.54, 1.807) is 0 Å². The van der Waals surface area contributed by atoms with Gasteiger partial charge in [0.25, 0.3) is 0 Å². The van der Waals surface area contributed by atoms with Crippen LogP contribution in [0.25, 0.3) is 0 Å². The van der Waals surface area contributed by atoms with Crippen molar-refractivity contribution < 1.29 is 19.6 Å². The van der Waals surface area contributed by atoms with Gasteiger partial charge in [0.2, 0.25) is 5.79 Å². The van der Waals surface area contributed by atoms with Crippen molar-refractivity contribution >= 4 is 0 Å². The summed E-state index contributed by atoms with van der Waals surface area (Å²) in [5.41, 5.74) is -0.651. The molecular weight excluding hydrogens is 268 g/mol. The Bertz CT molecular complexity index is 292. The lowest BCUT2D eigenvalue weighted by atomic mass is 9.85. The van der Waals surface area contributed by atoms with Gasteiger partial charge >= 0.3 is 0 Å². The maximum atomic E-state index is 5.83. The minimum Gasteiger partial charge on any atom is -0.228 e. The monoisotopic (exact) mass is 302 g/mol. The first-order valence-corrected chi connectivity index (χ1v) is 8.40. The second-order valence-electron chi connectivity index (χ2n) is 7.52. The first-order valence-electron chi connectivity index (χ1n) is 8.40. The van der Waals surface area contributed by atoms with Crippen LogP contribution < -0.4 is 0 Å². The molecule has 1 aliphatic carbocycles. The molecule has 0 aromatic heterocycles. The summed E-state index contributed by atoms with van der Waals surface area (Å²) >= 11 is 0. The minimum absolute atomic E-state index is 0.242. The predicted octanol–water partition coefficient (Wildman–Crippen LogP) is 5.17. The van der Waals surface area contributed by atoms with E-state index in [9.17, 15) is 0 Å². The molecule has 126 valence electrons. The van der Waals surface area contributed by atoms with E-state index in [0.29, 0.717) is 0 Å². The van der Waals surface area contributed by atoms with E-state index in [2.05, 4.69) is 20.8 Å². The van der Waals surface area contributed by atoms with Crippen molar-refractivity contribution in [2.24, 2.45) is 5.92 Å². The molecule has 1 unspecified atom stereocenters. The van der Waals surface area contributed by atoms with Gasteiger partial charge in [-0.2, -0.15) is 9.78 Å². The molecule has 0 aliphatic heterocycles. The van der Waals surface area contributed by atoms with E-state index in [4.69, 9.17) is 19.6 Å². The molecule has 0 spiro atoms. The first kappa shape index (κ1) is 18.9. The van der Waals surface area contributed by atoms with Crippen molar-refractivity contribution in [2.75, 3.05) is 0 Å². The Labute approximate surface area is 130 Å². The van der Waals surface area contributed by atoms with Gasteiger partial charge in [-0.15, -0.1) is 0 Å². The fourth-order valence-corrected chi connectivity index (χ4v) is 2.03. The van der Waals surface area contributed by atoms with E-state index in [0.717, 1.165) is 32.1 Å². The summed E-state index contributed by atoms with van der Waals surface area (Å²) < 4.78 is 0. The van der Waals surface area contributed by atoms with Gasteiger partial charge < -0.3 is 0 Å². The van der Waals surface area contributed by atoms with Crippen LogP contribution in [0.2, 0.25) is 0 Å². The molecule has 0 saturated heterocycles. The fraction of sp³-hybridized carbons (Fsp3) is 1.00. The molecule has 1 rings (SSSR count). The van der Waals surface area contributed by atoms with Crippen LogP contribution in [0.1, 0.15) is 87.0 Å². The highest BCUT2D eigenvalue weighted by Gasteiger charge is 2.45. The van der Waals surface area contributed by atoms with E-state index in [-0.39, 0.29) is 17.1 Å². The van der Waals surface area contributed by atoms with Crippen molar-refractivity contribution in [1.82, 2.24) is 0 Å². The van der Waals surface area contributed by atoms with Crippen LogP contribution in [-0.2, 0) is 19.6 Å². The number of hydrogen-bond acceptors (Lipinski definition) is 4. The largest absolute Gasteiger partial charge is 0.236 e. The van der Waals surface area contributed by atoms with Crippen LogP contribution in [0, 0.1) is 5.92 Å². The Hall–Kier alpha value is -0.160. The van der Waals surface area contributed by atoms with Gasteiger partial charge in [0, 0.05) is 12.3 Å². The lowest BCUT2D eigenvalue weighted by molar-refractivity contribution is -0.557.